The third-order valence-electron chi connectivity index (χ3n) is 4.41. The number of amides is 3. The highest BCUT2D eigenvalue weighted by atomic mass is 35.5. The number of carbonyl (C=O) groups excluding carboxylic acids is 3. The molecular weight excluding hydrogens is 382 g/mol. The molecule has 7 nitrogen and oxygen atoms in total. The number of halogens is 1. The summed E-state index contributed by atoms with van der Waals surface area (Å²) in [6.45, 7) is 0.0284. The molecule has 2 aromatic rings. The summed E-state index contributed by atoms with van der Waals surface area (Å²) in [6.07, 6.45) is 0.0573. The molecule has 0 aliphatic carbocycles. The molecule has 28 heavy (non-hydrogen) atoms. The molecule has 0 saturated carbocycles. The van der Waals surface area contributed by atoms with E-state index in [1.807, 2.05) is 6.07 Å². The monoisotopic (exact) mass is 401 g/mol. The van der Waals surface area contributed by atoms with Crippen molar-refractivity contribution in [1.82, 2.24) is 5.32 Å². The zero-order chi connectivity index (χ0) is 20.1. The van der Waals surface area contributed by atoms with Crippen molar-refractivity contribution in [2.45, 2.75) is 6.42 Å². The van der Waals surface area contributed by atoms with E-state index in [4.69, 9.17) is 16.3 Å². The van der Waals surface area contributed by atoms with Crippen LogP contribution in [-0.4, -0.2) is 37.9 Å². The van der Waals surface area contributed by atoms with Crippen molar-refractivity contribution < 1.29 is 19.1 Å². The summed E-state index contributed by atoms with van der Waals surface area (Å²) in [7, 11) is 1.50. The summed E-state index contributed by atoms with van der Waals surface area (Å²) in [5.41, 5.74) is 1.18. The summed E-state index contributed by atoms with van der Waals surface area (Å²) in [5, 5.41) is 5.75. The van der Waals surface area contributed by atoms with E-state index in [2.05, 4.69) is 10.6 Å². The number of methoxy groups -OCH3 is 1. The molecule has 3 rings (SSSR count). The molecule has 1 heterocycles. The normalized spacial score (nSPS) is 16.0. The molecule has 0 radical (unpaired) electrons. The number of ether oxygens (including phenoxy) is 1. The van der Waals surface area contributed by atoms with Gasteiger partial charge in [0.1, 0.15) is 5.75 Å². The van der Waals surface area contributed by atoms with Gasteiger partial charge in [0.15, 0.2) is 0 Å². The average molecular weight is 402 g/mol. The molecule has 1 atom stereocenters. The van der Waals surface area contributed by atoms with Crippen molar-refractivity contribution in [3.8, 4) is 5.75 Å². The standard InChI is InChI=1S/C20H20ClN3O4/c1-28-17-8-7-14(21)10-16(17)24-12-13(9-19(24)26)20(27)22-11-18(25)23-15-5-3-2-4-6-15/h2-8,10,13H,9,11-12H2,1H3,(H,22,27)(H,23,25). The van der Waals surface area contributed by atoms with Crippen LogP contribution < -0.4 is 20.3 Å². The van der Waals surface area contributed by atoms with E-state index in [0.717, 1.165) is 0 Å². The summed E-state index contributed by atoms with van der Waals surface area (Å²) in [6, 6.07) is 13.9. The van der Waals surface area contributed by atoms with Crippen LogP contribution in [0.4, 0.5) is 11.4 Å². The molecule has 1 fully saturated rings. The first kappa shape index (κ1) is 19.7. The number of anilines is 2. The van der Waals surface area contributed by atoms with E-state index in [9.17, 15) is 14.4 Å². The number of para-hydroxylation sites is 1. The molecule has 0 bridgehead atoms. The summed E-state index contributed by atoms with van der Waals surface area (Å²) < 4.78 is 5.29. The Morgan fingerprint density at radius 2 is 1.96 bits per heavy atom. The quantitative estimate of drug-likeness (QED) is 0.778. The average Bonchev–Trinajstić information content (AvgIpc) is 3.08. The van der Waals surface area contributed by atoms with E-state index in [0.29, 0.717) is 22.1 Å². The third kappa shape index (κ3) is 4.61. The molecule has 2 aromatic carbocycles. The number of rotatable bonds is 6. The van der Waals surface area contributed by atoms with E-state index in [1.165, 1.54) is 12.0 Å². The number of nitrogens with zero attached hydrogens (tertiary/aromatic N) is 1. The maximum Gasteiger partial charge on any atom is 0.243 e. The Labute approximate surface area is 167 Å². The Hall–Kier alpha value is -3.06. The van der Waals surface area contributed by atoms with Crippen LogP contribution in [0.25, 0.3) is 0 Å². The molecular formula is C20H20ClN3O4. The van der Waals surface area contributed by atoms with Crippen molar-refractivity contribution in [3.05, 3.63) is 53.6 Å². The second-order valence-corrected chi connectivity index (χ2v) is 6.79. The van der Waals surface area contributed by atoms with E-state index < -0.39 is 5.92 Å². The molecule has 146 valence electrons. The number of hydrogen-bond acceptors (Lipinski definition) is 4. The van der Waals surface area contributed by atoms with Crippen molar-refractivity contribution in [2.75, 3.05) is 30.4 Å². The second-order valence-electron chi connectivity index (χ2n) is 6.35. The van der Waals surface area contributed by atoms with Crippen LogP contribution in [0.5, 0.6) is 5.75 Å². The number of benzene rings is 2. The van der Waals surface area contributed by atoms with Crippen LogP contribution in [0.3, 0.4) is 0 Å². The zero-order valence-electron chi connectivity index (χ0n) is 15.3. The van der Waals surface area contributed by atoms with Gasteiger partial charge in [-0.15, -0.1) is 0 Å². The van der Waals surface area contributed by atoms with Crippen LogP contribution in [0.15, 0.2) is 48.5 Å². The van der Waals surface area contributed by atoms with Gasteiger partial charge in [-0.2, -0.15) is 0 Å². The lowest BCUT2D eigenvalue weighted by Gasteiger charge is -2.19. The molecule has 2 N–H and O–H groups in total. The van der Waals surface area contributed by atoms with Gasteiger partial charge in [-0.3, -0.25) is 14.4 Å². The van der Waals surface area contributed by atoms with Crippen LogP contribution in [0.2, 0.25) is 5.02 Å². The lowest BCUT2D eigenvalue weighted by Crippen LogP contribution is -2.37. The SMILES string of the molecule is COc1ccc(Cl)cc1N1CC(C(=O)NCC(=O)Nc2ccccc2)CC1=O. The van der Waals surface area contributed by atoms with Crippen molar-refractivity contribution in [2.24, 2.45) is 5.92 Å². The highest BCUT2D eigenvalue weighted by Gasteiger charge is 2.36. The van der Waals surface area contributed by atoms with Gasteiger partial charge in [0.2, 0.25) is 17.7 Å². The number of hydrogen-bond donors (Lipinski definition) is 2. The van der Waals surface area contributed by atoms with Gasteiger partial charge >= 0.3 is 0 Å². The van der Waals surface area contributed by atoms with E-state index >= 15 is 0 Å². The van der Waals surface area contributed by atoms with Crippen LogP contribution in [0.1, 0.15) is 6.42 Å². The fourth-order valence-electron chi connectivity index (χ4n) is 3.03. The Morgan fingerprint density at radius 1 is 1.21 bits per heavy atom. The minimum absolute atomic E-state index is 0.0573. The topological polar surface area (TPSA) is 87.7 Å². The highest BCUT2D eigenvalue weighted by Crippen LogP contribution is 2.35. The number of carbonyl (C=O) groups is 3. The number of nitrogens with one attached hydrogen (secondary N) is 2. The Bertz CT molecular complexity index is 888. The van der Waals surface area contributed by atoms with Gasteiger partial charge in [0.25, 0.3) is 0 Å². The molecule has 1 aliphatic rings. The van der Waals surface area contributed by atoms with Crippen LogP contribution >= 0.6 is 11.6 Å². The largest absolute Gasteiger partial charge is 0.495 e. The molecule has 8 heteroatoms. The summed E-state index contributed by atoms with van der Waals surface area (Å²) in [4.78, 5) is 38.3. The zero-order valence-corrected chi connectivity index (χ0v) is 16.0. The smallest absolute Gasteiger partial charge is 0.243 e. The van der Waals surface area contributed by atoms with Gasteiger partial charge in [0, 0.05) is 23.7 Å². The summed E-state index contributed by atoms with van der Waals surface area (Å²) >= 11 is 6.03. The molecule has 3 amide bonds. The maximum atomic E-state index is 12.4. The molecule has 1 saturated heterocycles. The highest BCUT2D eigenvalue weighted by molar-refractivity contribution is 6.31. The van der Waals surface area contributed by atoms with Gasteiger partial charge < -0.3 is 20.3 Å². The minimum Gasteiger partial charge on any atom is -0.495 e. The van der Waals surface area contributed by atoms with Gasteiger partial charge in [-0.1, -0.05) is 29.8 Å². The summed E-state index contributed by atoms with van der Waals surface area (Å²) in [5.74, 6) is -0.937. The third-order valence-corrected chi connectivity index (χ3v) is 4.64. The van der Waals surface area contributed by atoms with Crippen LogP contribution in [0, 0.1) is 5.92 Å². The van der Waals surface area contributed by atoms with Crippen LogP contribution in [-0.2, 0) is 14.4 Å². The van der Waals surface area contributed by atoms with Gasteiger partial charge in [0.05, 0.1) is 25.3 Å². The fourth-order valence-corrected chi connectivity index (χ4v) is 3.19. The predicted octanol–water partition coefficient (Wildman–Crippen LogP) is 2.46. The van der Waals surface area contributed by atoms with Gasteiger partial charge in [-0.05, 0) is 30.3 Å². The molecule has 0 aromatic heterocycles. The van der Waals surface area contributed by atoms with E-state index in [1.54, 1.807) is 42.5 Å². The Kier molecular flexibility index (Phi) is 6.16. The lowest BCUT2D eigenvalue weighted by atomic mass is 10.1. The Morgan fingerprint density at radius 3 is 2.68 bits per heavy atom. The van der Waals surface area contributed by atoms with E-state index in [-0.39, 0.29) is 37.2 Å². The first-order valence-corrected chi connectivity index (χ1v) is 9.12. The molecule has 1 aliphatic heterocycles. The molecule has 0 spiro atoms. The first-order chi connectivity index (χ1) is 13.5. The predicted molar refractivity (Wildman–Crippen MR) is 107 cm³/mol. The minimum atomic E-state index is -0.555. The first-order valence-electron chi connectivity index (χ1n) is 8.74. The fraction of sp³-hybridized carbons (Fsp3) is 0.250. The second kappa shape index (κ2) is 8.75. The van der Waals surface area contributed by atoms with Gasteiger partial charge in [-0.25, -0.2) is 0 Å². The van der Waals surface area contributed by atoms with Crippen molar-refractivity contribution in [3.63, 3.8) is 0 Å². The molecule has 1 unspecified atom stereocenters. The van der Waals surface area contributed by atoms with Crippen molar-refractivity contribution in [1.29, 1.82) is 0 Å². The lowest BCUT2D eigenvalue weighted by molar-refractivity contribution is -0.127. The Balaban J connectivity index is 1.58. The maximum absolute atomic E-state index is 12.4. The van der Waals surface area contributed by atoms with Crippen molar-refractivity contribution >= 4 is 40.7 Å².